The third-order valence-corrected chi connectivity index (χ3v) is 3.61. The topological polar surface area (TPSA) is 27.7 Å². The molecule has 2 rings (SSSR count). The van der Waals surface area contributed by atoms with Gasteiger partial charge in [-0.2, -0.15) is 0 Å². The summed E-state index contributed by atoms with van der Waals surface area (Å²) in [5.74, 6) is 2.38. The molecule has 0 aliphatic carbocycles. The smallest absolute Gasteiger partial charge is 0.129 e. The van der Waals surface area contributed by atoms with E-state index in [1.807, 2.05) is 42.5 Å². The second-order valence-electron chi connectivity index (χ2n) is 4.24. The maximum atomic E-state index is 5.77. The Kier molecular flexibility index (Phi) is 5.30. The van der Waals surface area contributed by atoms with Crippen molar-refractivity contribution in [2.75, 3.05) is 14.2 Å². The molecule has 0 aliphatic heterocycles. The van der Waals surface area contributed by atoms with Crippen LogP contribution < -0.4 is 14.2 Å². The molecule has 0 aliphatic rings. The van der Waals surface area contributed by atoms with E-state index >= 15 is 0 Å². The van der Waals surface area contributed by atoms with Crippen molar-refractivity contribution in [2.24, 2.45) is 0 Å². The first kappa shape index (κ1) is 14.7. The first-order chi connectivity index (χ1) is 9.76. The lowest BCUT2D eigenvalue weighted by Gasteiger charge is -2.12. The van der Waals surface area contributed by atoms with Crippen molar-refractivity contribution in [1.29, 1.82) is 0 Å². The third-order valence-electron chi connectivity index (χ3n) is 2.97. The van der Waals surface area contributed by atoms with Crippen molar-refractivity contribution in [3.05, 3.63) is 53.6 Å². The van der Waals surface area contributed by atoms with E-state index in [1.54, 1.807) is 14.2 Å². The monoisotopic (exact) mass is 336 g/mol. The standard InChI is InChI=1S/C16H17BrO3/c1-18-15-8-5-13(16(9-15)19-2)11-20-14-6-3-12(10-17)4-7-14/h3-9H,10-11H2,1-2H3. The summed E-state index contributed by atoms with van der Waals surface area (Å²) in [5, 5.41) is 0.847. The Morgan fingerprint density at radius 1 is 0.900 bits per heavy atom. The van der Waals surface area contributed by atoms with Gasteiger partial charge in [0.15, 0.2) is 0 Å². The largest absolute Gasteiger partial charge is 0.497 e. The maximum absolute atomic E-state index is 5.77. The highest BCUT2D eigenvalue weighted by molar-refractivity contribution is 9.08. The van der Waals surface area contributed by atoms with E-state index in [0.29, 0.717) is 6.61 Å². The lowest BCUT2D eigenvalue weighted by molar-refractivity contribution is 0.296. The molecule has 0 N–H and O–H groups in total. The number of alkyl halides is 1. The van der Waals surface area contributed by atoms with E-state index < -0.39 is 0 Å². The average molecular weight is 337 g/mol. The van der Waals surface area contributed by atoms with Gasteiger partial charge < -0.3 is 14.2 Å². The minimum atomic E-state index is 0.459. The van der Waals surface area contributed by atoms with Crippen LogP contribution in [0.4, 0.5) is 0 Å². The summed E-state index contributed by atoms with van der Waals surface area (Å²) in [6.45, 7) is 0.459. The van der Waals surface area contributed by atoms with Gasteiger partial charge in [0.25, 0.3) is 0 Å². The van der Waals surface area contributed by atoms with E-state index in [-0.39, 0.29) is 0 Å². The first-order valence-corrected chi connectivity index (χ1v) is 7.37. The Balaban J connectivity index is 2.05. The molecule has 106 valence electrons. The molecule has 0 radical (unpaired) electrons. The summed E-state index contributed by atoms with van der Waals surface area (Å²) in [6, 6.07) is 13.7. The summed E-state index contributed by atoms with van der Waals surface area (Å²) >= 11 is 3.42. The van der Waals surface area contributed by atoms with Crippen LogP contribution in [0, 0.1) is 0 Å². The molecule has 0 atom stereocenters. The number of methoxy groups -OCH3 is 2. The fourth-order valence-corrected chi connectivity index (χ4v) is 2.18. The molecule has 2 aromatic carbocycles. The van der Waals surface area contributed by atoms with Crippen LogP contribution in [-0.2, 0) is 11.9 Å². The molecule has 0 aromatic heterocycles. The number of ether oxygens (including phenoxy) is 3. The number of hydrogen-bond acceptors (Lipinski definition) is 3. The Morgan fingerprint density at radius 2 is 1.60 bits per heavy atom. The van der Waals surface area contributed by atoms with Crippen LogP contribution in [0.2, 0.25) is 0 Å². The second-order valence-corrected chi connectivity index (χ2v) is 4.80. The zero-order valence-electron chi connectivity index (χ0n) is 11.6. The zero-order chi connectivity index (χ0) is 14.4. The maximum Gasteiger partial charge on any atom is 0.129 e. The molecule has 2 aromatic rings. The van der Waals surface area contributed by atoms with Crippen LogP contribution in [0.15, 0.2) is 42.5 Å². The number of hydrogen-bond donors (Lipinski definition) is 0. The van der Waals surface area contributed by atoms with Crippen molar-refractivity contribution >= 4 is 15.9 Å². The lowest BCUT2D eigenvalue weighted by Crippen LogP contribution is -1.99. The fraction of sp³-hybridized carbons (Fsp3) is 0.250. The van der Waals surface area contributed by atoms with Gasteiger partial charge in [0, 0.05) is 17.0 Å². The molecule has 4 heteroatoms. The van der Waals surface area contributed by atoms with Gasteiger partial charge in [-0.1, -0.05) is 28.1 Å². The highest BCUT2D eigenvalue weighted by Crippen LogP contribution is 2.26. The van der Waals surface area contributed by atoms with E-state index in [2.05, 4.69) is 15.9 Å². The highest BCUT2D eigenvalue weighted by Gasteiger charge is 2.06. The van der Waals surface area contributed by atoms with E-state index in [1.165, 1.54) is 5.56 Å². The minimum Gasteiger partial charge on any atom is -0.497 e. The van der Waals surface area contributed by atoms with Gasteiger partial charge >= 0.3 is 0 Å². The van der Waals surface area contributed by atoms with Crippen LogP contribution in [0.5, 0.6) is 17.2 Å². The van der Waals surface area contributed by atoms with Gasteiger partial charge in [0.1, 0.15) is 23.9 Å². The Bertz CT molecular complexity index is 552. The van der Waals surface area contributed by atoms with Gasteiger partial charge in [-0.15, -0.1) is 0 Å². The number of halogens is 1. The summed E-state index contributed by atoms with van der Waals surface area (Å²) in [5.41, 5.74) is 2.21. The SMILES string of the molecule is COc1ccc(COc2ccc(CBr)cc2)c(OC)c1. The van der Waals surface area contributed by atoms with Crippen LogP contribution in [0.3, 0.4) is 0 Å². The molecule has 3 nitrogen and oxygen atoms in total. The second kappa shape index (κ2) is 7.20. The fourth-order valence-electron chi connectivity index (χ4n) is 1.81. The minimum absolute atomic E-state index is 0.459. The van der Waals surface area contributed by atoms with Gasteiger partial charge in [-0.25, -0.2) is 0 Å². The molecule has 0 amide bonds. The quantitative estimate of drug-likeness (QED) is 0.740. The Hall–Kier alpha value is -1.68. The first-order valence-electron chi connectivity index (χ1n) is 6.25. The summed E-state index contributed by atoms with van der Waals surface area (Å²) in [6.07, 6.45) is 0. The highest BCUT2D eigenvalue weighted by atomic mass is 79.9. The molecule has 0 spiro atoms. The Morgan fingerprint density at radius 3 is 2.20 bits per heavy atom. The summed E-state index contributed by atoms with van der Waals surface area (Å²) in [7, 11) is 3.28. The van der Waals surface area contributed by atoms with Gasteiger partial charge in [0.05, 0.1) is 14.2 Å². The van der Waals surface area contributed by atoms with Gasteiger partial charge in [-0.3, -0.25) is 0 Å². The van der Waals surface area contributed by atoms with Gasteiger partial charge in [0.2, 0.25) is 0 Å². The molecular formula is C16H17BrO3. The zero-order valence-corrected chi connectivity index (χ0v) is 13.1. The number of rotatable bonds is 6. The average Bonchev–Trinajstić information content (AvgIpc) is 2.53. The van der Waals surface area contributed by atoms with Crippen LogP contribution in [-0.4, -0.2) is 14.2 Å². The van der Waals surface area contributed by atoms with E-state index in [0.717, 1.165) is 28.1 Å². The third kappa shape index (κ3) is 3.67. The van der Waals surface area contributed by atoms with Crippen molar-refractivity contribution in [2.45, 2.75) is 11.9 Å². The predicted octanol–water partition coefficient (Wildman–Crippen LogP) is 4.18. The summed E-state index contributed by atoms with van der Waals surface area (Å²) in [4.78, 5) is 0. The van der Waals surface area contributed by atoms with Crippen molar-refractivity contribution in [3.63, 3.8) is 0 Å². The number of benzene rings is 2. The van der Waals surface area contributed by atoms with Crippen LogP contribution in [0.1, 0.15) is 11.1 Å². The van der Waals surface area contributed by atoms with E-state index in [4.69, 9.17) is 14.2 Å². The van der Waals surface area contributed by atoms with Gasteiger partial charge in [-0.05, 0) is 29.8 Å². The lowest BCUT2D eigenvalue weighted by atomic mass is 10.2. The van der Waals surface area contributed by atoms with Crippen molar-refractivity contribution in [3.8, 4) is 17.2 Å². The molecule has 0 unspecified atom stereocenters. The molecule has 0 fully saturated rings. The predicted molar refractivity (Wildman–Crippen MR) is 83.0 cm³/mol. The van der Waals surface area contributed by atoms with Crippen LogP contribution in [0.25, 0.3) is 0 Å². The summed E-state index contributed by atoms with van der Waals surface area (Å²) < 4.78 is 16.3. The Labute approximate surface area is 127 Å². The van der Waals surface area contributed by atoms with Crippen molar-refractivity contribution < 1.29 is 14.2 Å². The normalized spacial score (nSPS) is 10.2. The molecule has 0 bridgehead atoms. The molecule has 0 saturated heterocycles. The van der Waals surface area contributed by atoms with E-state index in [9.17, 15) is 0 Å². The van der Waals surface area contributed by atoms with Crippen molar-refractivity contribution in [1.82, 2.24) is 0 Å². The molecule has 0 heterocycles. The molecule has 20 heavy (non-hydrogen) atoms. The molecule has 0 saturated carbocycles. The van der Waals surface area contributed by atoms with Crippen LogP contribution >= 0.6 is 15.9 Å². The molecular weight excluding hydrogens is 320 g/mol.